The summed E-state index contributed by atoms with van der Waals surface area (Å²) in [5, 5.41) is 2.94. The zero-order chi connectivity index (χ0) is 21.9. The van der Waals surface area contributed by atoms with Crippen molar-refractivity contribution in [1.29, 1.82) is 0 Å². The van der Waals surface area contributed by atoms with Crippen LogP contribution in [-0.4, -0.2) is 27.8 Å². The number of para-hydroxylation sites is 1. The Morgan fingerprint density at radius 1 is 1.07 bits per heavy atom. The number of amides is 1. The number of nitrogens with one attached hydrogen (secondary N) is 1. The second-order valence-corrected chi connectivity index (χ2v) is 7.14. The van der Waals surface area contributed by atoms with E-state index in [4.69, 9.17) is 23.2 Å². The van der Waals surface area contributed by atoms with Crippen molar-refractivity contribution in [2.45, 2.75) is 12.7 Å². The van der Waals surface area contributed by atoms with Crippen LogP contribution in [0.5, 0.6) is 0 Å². The van der Waals surface area contributed by atoms with Crippen LogP contribution in [-0.2, 0) is 12.7 Å². The van der Waals surface area contributed by atoms with Gasteiger partial charge < -0.3 is 10.2 Å². The van der Waals surface area contributed by atoms with E-state index < -0.39 is 23.3 Å². The number of rotatable bonds is 5. The van der Waals surface area contributed by atoms with Gasteiger partial charge in [0.05, 0.1) is 21.3 Å². The molecule has 30 heavy (non-hydrogen) atoms. The number of benzene rings is 2. The van der Waals surface area contributed by atoms with Crippen LogP contribution < -0.4 is 5.32 Å². The Kier molecular flexibility index (Phi) is 6.48. The molecule has 156 valence electrons. The molecule has 5 nitrogen and oxygen atoms in total. The smallest absolute Gasteiger partial charge is 0.337 e. The first-order valence-electron chi connectivity index (χ1n) is 8.61. The molecule has 0 radical (unpaired) electrons. The summed E-state index contributed by atoms with van der Waals surface area (Å²) in [6.45, 7) is 0.131. The summed E-state index contributed by atoms with van der Waals surface area (Å²) in [6.07, 6.45) is -4.03. The molecule has 0 aliphatic heterocycles. The number of hydrogen-bond acceptors (Lipinski definition) is 4. The fourth-order valence-electron chi connectivity index (χ4n) is 2.68. The molecule has 2 aromatic carbocycles. The summed E-state index contributed by atoms with van der Waals surface area (Å²) in [5.74, 6) is -1.24. The van der Waals surface area contributed by atoms with E-state index >= 15 is 0 Å². The highest BCUT2D eigenvalue weighted by Crippen LogP contribution is 2.34. The predicted molar refractivity (Wildman–Crippen MR) is 109 cm³/mol. The molecular formula is C20H15Cl2F3N4O. The third kappa shape index (κ3) is 5.01. The van der Waals surface area contributed by atoms with Gasteiger partial charge in [-0.3, -0.25) is 4.79 Å². The van der Waals surface area contributed by atoms with Gasteiger partial charge >= 0.3 is 6.18 Å². The first-order chi connectivity index (χ1) is 14.2. The molecule has 0 aliphatic rings. The van der Waals surface area contributed by atoms with Crippen molar-refractivity contribution in [2.24, 2.45) is 0 Å². The van der Waals surface area contributed by atoms with Gasteiger partial charge in [0.25, 0.3) is 5.91 Å². The van der Waals surface area contributed by atoms with Crippen molar-refractivity contribution in [2.75, 3.05) is 12.4 Å². The Bertz CT molecular complexity index is 1040. The van der Waals surface area contributed by atoms with Crippen LogP contribution in [0, 0.1) is 0 Å². The van der Waals surface area contributed by atoms with Crippen LogP contribution >= 0.6 is 23.2 Å². The molecule has 0 unspecified atom stereocenters. The minimum absolute atomic E-state index is 0.131. The van der Waals surface area contributed by atoms with Gasteiger partial charge in [-0.05, 0) is 17.7 Å². The second kappa shape index (κ2) is 8.89. The highest BCUT2D eigenvalue weighted by Gasteiger charge is 2.39. The Morgan fingerprint density at radius 3 is 2.30 bits per heavy atom. The number of carbonyl (C=O) groups excluding carboxylic acids is 1. The zero-order valence-electron chi connectivity index (χ0n) is 15.5. The minimum atomic E-state index is -4.87. The van der Waals surface area contributed by atoms with E-state index in [9.17, 15) is 18.0 Å². The minimum Gasteiger partial charge on any atom is -0.337 e. The highest BCUT2D eigenvalue weighted by atomic mass is 35.5. The molecule has 1 N–H and O–H groups in total. The number of alkyl halides is 3. The Hall–Kier alpha value is -2.84. The third-order valence-corrected chi connectivity index (χ3v) is 4.73. The predicted octanol–water partition coefficient (Wildman–Crippen LogP) is 5.82. The lowest BCUT2D eigenvalue weighted by molar-refractivity contribution is -0.141. The van der Waals surface area contributed by atoms with Crippen molar-refractivity contribution < 1.29 is 18.0 Å². The molecule has 0 spiro atoms. The van der Waals surface area contributed by atoms with Crippen LogP contribution in [0.2, 0.25) is 10.0 Å². The summed E-state index contributed by atoms with van der Waals surface area (Å²) in [4.78, 5) is 21.2. The Morgan fingerprint density at radius 2 is 1.70 bits per heavy atom. The molecule has 1 amide bonds. The van der Waals surface area contributed by atoms with Crippen molar-refractivity contribution in [3.05, 3.63) is 81.6 Å². The molecule has 1 aromatic heterocycles. The normalized spacial score (nSPS) is 11.3. The number of aromatic nitrogens is 2. The average Bonchev–Trinajstić information content (AvgIpc) is 2.70. The van der Waals surface area contributed by atoms with Gasteiger partial charge in [-0.1, -0.05) is 59.6 Å². The van der Waals surface area contributed by atoms with Gasteiger partial charge in [0, 0.05) is 19.8 Å². The monoisotopic (exact) mass is 454 g/mol. The first kappa shape index (κ1) is 21.9. The summed E-state index contributed by atoms with van der Waals surface area (Å²) in [6, 6.07) is 13.5. The summed E-state index contributed by atoms with van der Waals surface area (Å²) >= 11 is 12.0. The van der Waals surface area contributed by atoms with E-state index in [0.29, 0.717) is 0 Å². The molecule has 0 atom stereocenters. The van der Waals surface area contributed by atoms with Crippen LogP contribution in [0.15, 0.2) is 54.7 Å². The van der Waals surface area contributed by atoms with Crippen molar-refractivity contribution in [3.8, 4) is 0 Å². The topological polar surface area (TPSA) is 58.1 Å². The van der Waals surface area contributed by atoms with E-state index in [1.807, 2.05) is 0 Å². The number of carbonyl (C=O) groups is 1. The van der Waals surface area contributed by atoms with Crippen LogP contribution in [0.25, 0.3) is 0 Å². The van der Waals surface area contributed by atoms with Crippen LogP contribution in [0.1, 0.15) is 21.6 Å². The SMILES string of the molecule is CN(Cc1ccccc1)C(=O)c1cnc(Nc2c(Cl)cccc2Cl)nc1C(F)(F)F. The maximum Gasteiger partial charge on any atom is 0.434 e. The van der Waals surface area contributed by atoms with Crippen molar-refractivity contribution in [3.63, 3.8) is 0 Å². The zero-order valence-corrected chi connectivity index (χ0v) is 17.1. The van der Waals surface area contributed by atoms with E-state index in [0.717, 1.165) is 11.8 Å². The van der Waals surface area contributed by atoms with Crippen molar-refractivity contribution >= 4 is 40.7 Å². The fourth-order valence-corrected chi connectivity index (χ4v) is 3.17. The number of hydrogen-bond donors (Lipinski definition) is 1. The summed E-state index contributed by atoms with van der Waals surface area (Å²) in [7, 11) is 1.41. The Labute approximate surface area is 180 Å². The first-order valence-corrected chi connectivity index (χ1v) is 9.37. The number of anilines is 2. The Balaban J connectivity index is 1.92. The third-order valence-electron chi connectivity index (χ3n) is 4.10. The van der Waals surface area contributed by atoms with Gasteiger partial charge in [-0.15, -0.1) is 0 Å². The number of halogens is 5. The second-order valence-electron chi connectivity index (χ2n) is 6.32. The highest BCUT2D eigenvalue weighted by molar-refractivity contribution is 6.39. The van der Waals surface area contributed by atoms with Crippen LogP contribution in [0.3, 0.4) is 0 Å². The molecule has 0 aliphatic carbocycles. The van der Waals surface area contributed by atoms with E-state index in [1.54, 1.807) is 36.4 Å². The maximum atomic E-state index is 13.6. The van der Waals surface area contributed by atoms with E-state index in [1.165, 1.54) is 24.1 Å². The molecule has 0 saturated heterocycles. The molecule has 0 bridgehead atoms. The standard InChI is InChI=1S/C20H15Cl2F3N4O/c1-29(11-12-6-3-2-4-7-12)18(30)13-10-26-19(28-17(13)20(23,24)25)27-16-14(21)8-5-9-15(16)22/h2-10H,11H2,1H3,(H,26,27,28). The molecule has 3 aromatic rings. The van der Waals surface area contributed by atoms with Gasteiger partial charge in [0.2, 0.25) is 5.95 Å². The summed E-state index contributed by atoms with van der Waals surface area (Å²) in [5.41, 5.74) is -1.08. The van der Waals surface area contributed by atoms with Gasteiger partial charge in [-0.25, -0.2) is 9.97 Å². The summed E-state index contributed by atoms with van der Waals surface area (Å²) < 4.78 is 40.9. The molecule has 0 saturated carbocycles. The van der Waals surface area contributed by atoms with Gasteiger partial charge in [0.15, 0.2) is 5.69 Å². The molecule has 3 rings (SSSR count). The maximum absolute atomic E-state index is 13.6. The molecule has 0 fully saturated rings. The largest absolute Gasteiger partial charge is 0.434 e. The lowest BCUT2D eigenvalue weighted by Crippen LogP contribution is -2.29. The van der Waals surface area contributed by atoms with E-state index in [-0.39, 0.29) is 28.2 Å². The fraction of sp³-hybridized carbons (Fsp3) is 0.150. The van der Waals surface area contributed by atoms with Gasteiger partial charge in [-0.2, -0.15) is 13.2 Å². The van der Waals surface area contributed by atoms with E-state index in [2.05, 4.69) is 15.3 Å². The molecule has 10 heteroatoms. The van der Waals surface area contributed by atoms with Gasteiger partial charge in [0.1, 0.15) is 0 Å². The van der Waals surface area contributed by atoms with Crippen molar-refractivity contribution in [1.82, 2.24) is 14.9 Å². The lowest BCUT2D eigenvalue weighted by Gasteiger charge is -2.20. The lowest BCUT2D eigenvalue weighted by atomic mass is 10.1. The quantitative estimate of drug-likeness (QED) is 0.527. The molecular weight excluding hydrogens is 440 g/mol. The molecule has 1 heterocycles. The van der Waals surface area contributed by atoms with Crippen LogP contribution in [0.4, 0.5) is 24.8 Å². The average molecular weight is 455 g/mol. The number of nitrogens with zero attached hydrogens (tertiary/aromatic N) is 3.